The number of benzene rings is 3. The van der Waals surface area contributed by atoms with Crippen LogP contribution in [0.1, 0.15) is 80.3 Å². The Hall–Kier alpha value is -3.02. The molecule has 5 heteroatoms. The Morgan fingerprint density at radius 2 is 1.66 bits per heavy atom. The number of anilines is 2. The maximum absolute atomic E-state index is 6.31. The standard InChI is InChI=1S/C33H48N4O/c1-9-27(38-30-14-12-11-13-23(30)4)21-35-20-26-19-25(16-15-22(26)3)31(33(6,7)8)28-17-18-29(36-10-2)32(37-34)24(28)5/h11-19,27,31,35-37H,9-10,20-21,34H2,1-8H3/t27-,31+/m1/s1. The highest BCUT2D eigenvalue weighted by molar-refractivity contribution is 5.74. The van der Waals surface area contributed by atoms with Gasteiger partial charge in [-0.2, -0.15) is 0 Å². The van der Waals surface area contributed by atoms with Gasteiger partial charge in [-0.15, -0.1) is 0 Å². The van der Waals surface area contributed by atoms with Crippen LogP contribution in [0.5, 0.6) is 5.75 Å². The first-order valence-corrected chi connectivity index (χ1v) is 14.0. The van der Waals surface area contributed by atoms with Crippen molar-refractivity contribution >= 4 is 11.4 Å². The minimum atomic E-state index is 0.0188. The lowest BCUT2D eigenvalue weighted by atomic mass is 9.71. The molecule has 0 aliphatic carbocycles. The molecule has 0 aromatic heterocycles. The Morgan fingerprint density at radius 3 is 2.29 bits per heavy atom. The maximum atomic E-state index is 6.31. The van der Waals surface area contributed by atoms with Crippen molar-refractivity contribution in [1.29, 1.82) is 0 Å². The number of hydrazine groups is 1. The third-order valence-corrected chi connectivity index (χ3v) is 7.43. The van der Waals surface area contributed by atoms with Gasteiger partial charge < -0.3 is 20.8 Å². The molecule has 3 rings (SSSR count). The lowest BCUT2D eigenvalue weighted by Crippen LogP contribution is -2.31. The lowest BCUT2D eigenvalue weighted by Gasteiger charge is -2.34. The quantitative estimate of drug-likeness (QED) is 0.149. The summed E-state index contributed by atoms with van der Waals surface area (Å²) in [5.41, 5.74) is 12.6. The van der Waals surface area contributed by atoms with Gasteiger partial charge in [0.2, 0.25) is 0 Å². The van der Waals surface area contributed by atoms with Crippen LogP contribution in [0, 0.1) is 26.2 Å². The van der Waals surface area contributed by atoms with Crippen molar-refractivity contribution < 1.29 is 4.74 Å². The SMILES string of the molecule is CCNc1ccc([C@H](c2ccc(C)c(CNC[C@@H](CC)Oc3ccccc3C)c2)C(C)(C)C)c(C)c1NN. The summed E-state index contributed by atoms with van der Waals surface area (Å²) in [5.74, 6) is 7.17. The van der Waals surface area contributed by atoms with Crippen LogP contribution in [0.4, 0.5) is 11.4 Å². The van der Waals surface area contributed by atoms with Crippen molar-refractivity contribution in [2.75, 3.05) is 23.8 Å². The molecule has 206 valence electrons. The molecule has 0 aliphatic heterocycles. The first-order chi connectivity index (χ1) is 18.1. The summed E-state index contributed by atoms with van der Waals surface area (Å²) < 4.78 is 6.31. The van der Waals surface area contributed by atoms with Gasteiger partial charge in [0.25, 0.3) is 0 Å². The van der Waals surface area contributed by atoms with Gasteiger partial charge in [0, 0.05) is 25.6 Å². The smallest absolute Gasteiger partial charge is 0.122 e. The number of hydrogen-bond donors (Lipinski definition) is 4. The summed E-state index contributed by atoms with van der Waals surface area (Å²) in [6.45, 7) is 20.1. The summed E-state index contributed by atoms with van der Waals surface area (Å²) >= 11 is 0. The zero-order valence-corrected chi connectivity index (χ0v) is 24.7. The molecule has 0 heterocycles. The van der Waals surface area contributed by atoms with E-state index in [9.17, 15) is 0 Å². The number of rotatable bonds is 12. The average Bonchev–Trinajstić information content (AvgIpc) is 2.87. The maximum Gasteiger partial charge on any atom is 0.122 e. The van der Waals surface area contributed by atoms with E-state index in [2.05, 4.69) is 114 Å². The van der Waals surface area contributed by atoms with E-state index in [0.29, 0.717) is 0 Å². The van der Waals surface area contributed by atoms with Gasteiger partial charge in [0.15, 0.2) is 0 Å². The summed E-state index contributed by atoms with van der Waals surface area (Å²) in [5, 5.41) is 7.09. The minimum absolute atomic E-state index is 0.0188. The summed E-state index contributed by atoms with van der Waals surface area (Å²) in [6, 6.07) is 19.6. The molecule has 5 N–H and O–H groups in total. The highest BCUT2D eigenvalue weighted by Crippen LogP contribution is 2.44. The first-order valence-electron chi connectivity index (χ1n) is 14.0. The average molecular weight is 517 g/mol. The van der Waals surface area contributed by atoms with Crippen LogP contribution in [0.25, 0.3) is 0 Å². The van der Waals surface area contributed by atoms with E-state index in [-0.39, 0.29) is 17.4 Å². The zero-order chi connectivity index (χ0) is 27.9. The molecule has 0 saturated carbocycles. The Kier molecular flexibility index (Phi) is 10.2. The second kappa shape index (κ2) is 13.2. The predicted octanol–water partition coefficient (Wildman–Crippen LogP) is 7.45. The third kappa shape index (κ3) is 7.09. The number of para-hydroxylation sites is 1. The van der Waals surface area contributed by atoms with Crippen molar-refractivity contribution in [3.63, 3.8) is 0 Å². The topological polar surface area (TPSA) is 71.3 Å². The highest BCUT2D eigenvalue weighted by Gasteiger charge is 2.30. The van der Waals surface area contributed by atoms with Gasteiger partial charge in [-0.05, 0) is 85.0 Å². The third-order valence-electron chi connectivity index (χ3n) is 7.43. The second-order valence-corrected chi connectivity index (χ2v) is 11.4. The molecule has 38 heavy (non-hydrogen) atoms. The Bertz CT molecular complexity index is 1200. The largest absolute Gasteiger partial charge is 0.489 e. The van der Waals surface area contributed by atoms with Gasteiger partial charge >= 0.3 is 0 Å². The van der Waals surface area contributed by atoms with E-state index in [1.54, 1.807) is 0 Å². The molecular weight excluding hydrogens is 468 g/mol. The molecule has 0 bridgehead atoms. The molecule has 2 atom stereocenters. The van der Waals surface area contributed by atoms with Gasteiger partial charge in [-0.1, -0.05) is 70.2 Å². The molecule has 0 amide bonds. The van der Waals surface area contributed by atoms with E-state index in [0.717, 1.165) is 43.2 Å². The van der Waals surface area contributed by atoms with Crippen molar-refractivity contribution in [3.05, 3.63) is 88.0 Å². The van der Waals surface area contributed by atoms with Gasteiger partial charge in [0.05, 0.1) is 11.4 Å². The fraction of sp³-hybridized carbons (Fsp3) is 0.455. The summed E-state index contributed by atoms with van der Waals surface area (Å²) in [6.07, 6.45) is 1.08. The van der Waals surface area contributed by atoms with Gasteiger partial charge in [-0.25, -0.2) is 0 Å². The van der Waals surface area contributed by atoms with E-state index < -0.39 is 0 Å². The van der Waals surface area contributed by atoms with Crippen LogP contribution in [0.3, 0.4) is 0 Å². The van der Waals surface area contributed by atoms with E-state index >= 15 is 0 Å². The van der Waals surface area contributed by atoms with Gasteiger partial charge in [0.1, 0.15) is 11.9 Å². The molecule has 0 radical (unpaired) electrons. The van der Waals surface area contributed by atoms with E-state index in [1.165, 1.54) is 33.4 Å². The lowest BCUT2D eigenvalue weighted by molar-refractivity contribution is 0.191. The normalized spacial score (nSPS) is 13.2. The number of nitrogen functional groups attached to an aromatic ring is 1. The Balaban J connectivity index is 1.84. The van der Waals surface area contributed by atoms with E-state index in [4.69, 9.17) is 10.6 Å². The molecule has 0 saturated heterocycles. The zero-order valence-electron chi connectivity index (χ0n) is 24.7. The Labute approximate surface area is 230 Å². The molecule has 3 aromatic carbocycles. The molecule has 3 aromatic rings. The molecular formula is C33H48N4O. The van der Waals surface area contributed by atoms with Crippen LogP contribution in [-0.2, 0) is 6.54 Å². The fourth-order valence-electron chi connectivity index (χ4n) is 5.28. The predicted molar refractivity (Wildman–Crippen MR) is 163 cm³/mol. The van der Waals surface area contributed by atoms with Crippen LogP contribution < -0.4 is 26.6 Å². The Morgan fingerprint density at radius 1 is 0.921 bits per heavy atom. The van der Waals surface area contributed by atoms with Crippen LogP contribution in [0.2, 0.25) is 0 Å². The fourth-order valence-corrected chi connectivity index (χ4v) is 5.28. The monoisotopic (exact) mass is 516 g/mol. The van der Waals surface area contributed by atoms with E-state index in [1.807, 2.05) is 12.1 Å². The first kappa shape index (κ1) is 29.5. The molecule has 0 aliphatic rings. The van der Waals surface area contributed by atoms with Crippen LogP contribution >= 0.6 is 0 Å². The second-order valence-electron chi connectivity index (χ2n) is 11.4. The van der Waals surface area contributed by atoms with Crippen LogP contribution in [0.15, 0.2) is 54.6 Å². The number of nitrogens with two attached hydrogens (primary N) is 1. The number of ether oxygens (including phenoxy) is 1. The van der Waals surface area contributed by atoms with Crippen molar-refractivity contribution in [1.82, 2.24) is 5.32 Å². The van der Waals surface area contributed by atoms with Crippen LogP contribution in [-0.4, -0.2) is 19.2 Å². The highest BCUT2D eigenvalue weighted by atomic mass is 16.5. The number of nitrogens with one attached hydrogen (secondary N) is 3. The summed E-state index contributed by atoms with van der Waals surface area (Å²) in [7, 11) is 0. The molecule has 0 spiro atoms. The van der Waals surface area contributed by atoms with Crippen molar-refractivity contribution in [3.8, 4) is 5.75 Å². The molecule has 5 nitrogen and oxygen atoms in total. The summed E-state index contributed by atoms with van der Waals surface area (Å²) in [4.78, 5) is 0. The number of aryl methyl sites for hydroxylation is 2. The number of hydrogen-bond acceptors (Lipinski definition) is 5. The molecule has 0 fully saturated rings. The molecule has 0 unspecified atom stereocenters. The van der Waals surface area contributed by atoms with Gasteiger partial charge in [-0.3, -0.25) is 5.84 Å². The van der Waals surface area contributed by atoms with Crippen molar-refractivity contribution in [2.45, 2.75) is 80.4 Å². The van der Waals surface area contributed by atoms with Crippen molar-refractivity contribution in [2.24, 2.45) is 11.3 Å². The minimum Gasteiger partial charge on any atom is -0.489 e.